The van der Waals surface area contributed by atoms with Gasteiger partial charge >= 0.3 is 0 Å². The fourth-order valence-corrected chi connectivity index (χ4v) is 3.73. The van der Waals surface area contributed by atoms with Gasteiger partial charge in [-0.15, -0.1) is 0 Å². The Morgan fingerprint density at radius 1 is 1.03 bits per heavy atom. The highest BCUT2D eigenvalue weighted by Gasteiger charge is 2.18. The quantitative estimate of drug-likeness (QED) is 0.406. The molecule has 0 spiro atoms. The minimum absolute atomic E-state index is 0.642. The number of H-pyrrole nitrogens is 1. The molecule has 1 N–H and O–H groups in total. The lowest BCUT2D eigenvalue weighted by molar-refractivity contribution is -0.669. The van der Waals surface area contributed by atoms with Crippen molar-refractivity contribution in [3.63, 3.8) is 0 Å². The summed E-state index contributed by atoms with van der Waals surface area (Å²) in [6.07, 6.45) is 4.18. The molecule has 5 nitrogen and oxygen atoms in total. The first-order chi connectivity index (χ1) is 14.7. The van der Waals surface area contributed by atoms with E-state index in [0.717, 1.165) is 45.8 Å². The first-order valence-corrected chi connectivity index (χ1v) is 10.1. The number of aromatic amines is 1. The Kier molecular flexibility index (Phi) is 4.56. The van der Waals surface area contributed by atoms with Gasteiger partial charge in [-0.1, -0.05) is 30.3 Å². The molecule has 148 valence electrons. The monoisotopic (exact) mass is 395 g/mol. The molecule has 5 rings (SSSR count). The number of aromatic nitrogens is 3. The van der Waals surface area contributed by atoms with Crippen LogP contribution in [0.5, 0.6) is 0 Å². The number of nitrogens with one attached hydrogen (secondary N) is 1. The number of aryl methyl sites for hydroxylation is 1. The molecule has 2 aromatic heterocycles. The van der Waals surface area contributed by atoms with Crippen molar-refractivity contribution >= 4 is 33.9 Å². The topological polar surface area (TPSA) is 48.9 Å². The van der Waals surface area contributed by atoms with E-state index in [4.69, 9.17) is 4.42 Å². The van der Waals surface area contributed by atoms with Crippen molar-refractivity contribution in [2.24, 2.45) is 0 Å². The molecular weight excluding hydrogens is 372 g/mol. The molecule has 3 aromatic carbocycles. The molecule has 0 aliphatic rings. The first kappa shape index (κ1) is 18.2. The van der Waals surface area contributed by atoms with Crippen molar-refractivity contribution in [3.05, 3.63) is 84.8 Å². The second kappa shape index (κ2) is 7.52. The molecule has 30 heavy (non-hydrogen) atoms. The average Bonchev–Trinajstić information content (AvgIpc) is 3.38. The molecule has 0 amide bonds. The summed E-state index contributed by atoms with van der Waals surface area (Å²) >= 11 is 0. The van der Waals surface area contributed by atoms with Crippen molar-refractivity contribution in [2.75, 3.05) is 11.9 Å². The van der Waals surface area contributed by atoms with Gasteiger partial charge in [-0.3, -0.25) is 0 Å². The van der Waals surface area contributed by atoms with Gasteiger partial charge in [0, 0.05) is 36.6 Å². The van der Waals surface area contributed by atoms with Crippen LogP contribution in [-0.2, 0) is 6.54 Å². The molecule has 5 aromatic rings. The van der Waals surface area contributed by atoms with Gasteiger partial charge in [0.05, 0.1) is 6.54 Å². The SMILES string of the molecule is CC[n+]1c(/C=C/N(C)c2ccccc2)[nH]c2ccc(-c3nc4ccccc4o3)cc21. The highest BCUT2D eigenvalue weighted by atomic mass is 16.3. The standard InChI is InChI=1S/C25H22N4O/c1-3-29-22-17-18(25-27-21-11-7-8-12-23(21)30-25)13-14-20(22)26-24(29)15-16-28(2)19-9-5-4-6-10-19/h4-17H,3H2,1-2H3/p+1/b16-15+. The maximum Gasteiger partial charge on any atom is 0.281 e. The van der Waals surface area contributed by atoms with Gasteiger partial charge in [0.25, 0.3) is 5.82 Å². The van der Waals surface area contributed by atoms with Crippen molar-refractivity contribution in [2.45, 2.75) is 13.5 Å². The number of para-hydroxylation sites is 3. The highest BCUT2D eigenvalue weighted by molar-refractivity contribution is 5.81. The zero-order valence-electron chi connectivity index (χ0n) is 17.0. The van der Waals surface area contributed by atoms with Crippen LogP contribution in [0.3, 0.4) is 0 Å². The largest absolute Gasteiger partial charge is 0.436 e. The third kappa shape index (κ3) is 3.24. The molecule has 2 heterocycles. The van der Waals surface area contributed by atoms with Gasteiger partial charge in [-0.25, -0.2) is 14.5 Å². The molecule has 0 radical (unpaired) electrons. The number of hydrogen-bond acceptors (Lipinski definition) is 3. The lowest BCUT2D eigenvalue weighted by Gasteiger charge is -2.12. The van der Waals surface area contributed by atoms with E-state index in [9.17, 15) is 0 Å². The van der Waals surface area contributed by atoms with Crippen LogP contribution in [-0.4, -0.2) is 17.0 Å². The Hall–Kier alpha value is -3.86. The maximum atomic E-state index is 5.96. The van der Waals surface area contributed by atoms with Crippen LogP contribution in [0.1, 0.15) is 12.7 Å². The van der Waals surface area contributed by atoms with E-state index in [0.29, 0.717) is 5.89 Å². The smallest absolute Gasteiger partial charge is 0.281 e. The van der Waals surface area contributed by atoms with Crippen LogP contribution in [0.15, 0.2) is 83.4 Å². The van der Waals surface area contributed by atoms with Gasteiger partial charge < -0.3 is 9.32 Å². The van der Waals surface area contributed by atoms with Gasteiger partial charge in [0.2, 0.25) is 5.89 Å². The van der Waals surface area contributed by atoms with Crippen molar-refractivity contribution < 1.29 is 8.98 Å². The van der Waals surface area contributed by atoms with E-state index in [1.54, 1.807) is 0 Å². The molecule has 0 saturated carbocycles. The van der Waals surface area contributed by atoms with Gasteiger partial charge in [-0.2, -0.15) is 0 Å². The van der Waals surface area contributed by atoms with E-state index < -0.39 is 0 Å². The van der Waals surface area contributed by atoms with Crippen LogP contribution in [0, 0.1) is 0 Å². The number of oxazole rings is 1. The lowest BCUT2D eigenvalue weighted by Crippen LogP contribution is -2.34. The number of rotatable bonds is 5. The molecule has 0 unspecified atom stereocenters. The van der Waals surface area contributed by atoms with Gasteiger partial charge in [0.15, 0.2) is 16.6 Å². The summed E-state index contributed by atoms with van der Waals surface area (Å²) in [5, 5.41) is 0. The van der Waals surface area contributed by atoms with Gasteiger partial charge in [-0.05, 0) is 43.3 Å². The minimum Gasteiger partial charge on any atom is -0.436 e. The molecule has 0 saturated heterocycles. The summed E-state index contributed by atoms with van der Waals surface area (Å²) in [6.45, 7) is 3.00. The van der Waals surface area contributed by atoms with E-state index >= 15 is 0 Å². The molecule has 0 aliphatic heterocycles. The van der Waals surface area contributed by atoms with Crippen LogP contribution < -0.4 is 9.47 Å². The third-order valence-corrected chi connectivity index (χ3v) is 5.32. The number of benzene rings is 3. The van der Waals surface area contributed by atoms with E-state index in [1.807, 2.05) is 48.5 Å². The zero-order valence-corrected chi connectivity index (χ0v) is 17.0. The predicted molar refractivity (Wildman–Crippen MR) is 121 cm³/mol. The minimum atomic E-state index is 0.642. The molecule has 0 aliphatic carbocycles. The number of imidazole rings is 1. The summed E-state index contributed by atoms with van der Waals surface area (Å²) in [4.78, 5) is 10.3. The van der Waals surface area contributed by atoms with Crippen molar-refractivity contribution in [1.29, 1.82) is 0 Å². The Bertz CT molecular complexity index is 1310. The molecule has 5 heteroatoms. The molecule has 0 atom stereocenters. The number of nitrogens with zero attached hydrogens (tertiary/aromatic N) is 3. The molecule has 0 fully saturated rings. The Morgan fingerprint density at radius 2 is 1.83 bits per heavy atom. The van der Waals surface area contributed by atoms with E-state index in [-0.39, 0.29) is 0 Å². The summed E-state index contributed by atoms with van der Waals surface area (Å²) in [7, 11) is 2.05. The van der Waals surface area contributed by atoms with Gasteiger partial charge in [0.1, 0.15) is 5.52 Å². The highest BCUT2D eigenvalue weighted by Crippen LogP contribution is 2.26. The Labute approximate surface area is 174 Å². The summed E-state index contributed by atoms with van der Waals surface area (Å²) in [6, 6.07) is 24.4. The normalized spacial score (nSPS) is 11.7. The van der Waals surface area contributed by atoms with Crippen LogP contribution in [0.25, 0.3) is 39.7 Å². The fourth-order valence-electron chi connectivity index (χ4n) is 3.73. The van der Waals surface area contributed by atoms with Crippen LogP contribution in [0.2, 0.25) is 0 Å². The Morgan fingerprint density at radius 3 is 2.63 bits per heavy atom. The first-order valence-electron chi connectivity index (χ1n) is 10.1. The number of hydrogen-bond donors (Lipinski definition) is 1. The maximum absolute atomic E-state index is 5.96. The van der Waals surface area contributed by atoms with Crippen molar-refractivity contribution in [1.82, 2.24) is 9.97 Å². The van der Waals surface area contributed by atoms with Crippen LogP contribution >= 0.6 is 0 Å². The number of fused-ring (bicyclic) bond motifs is 2. The Balaban J connectivity index is 1.52. The summed E-state index contributed by atoms with van der Waals surface area (Å²) < 4.78 is 8.22. The average molecular weight is 395 g/mol. The lowest BCUT2D eigenvalue weighted by atomic mass is 10.2. The van der Waals surface area contributed by atoms with Crippen LogP contribution in [0.4, 0.5) is 5.69 Å². The number of anilines is 1. The fraction of sp³-hybridized carbons (Fsp3) is 0.120. The van der Waals surface area contributed by atoms with Crippen molar-refractivity contribution in [3.8, 4) is 11.5 Å². The predicted octanol–water partition coefficient (Wildman–Crippen LogP) is 5.39. The third-order valence-electron chi connectivity index (χ3n) is 5.32. The molecular formula is C25H23N4O+. The molecule has 0 bridgehead atoms. The summed E-state index contributed by atoms with van der Waals surface area (Å²) in [5.74, 6) is 1.69. The van der Waals surface area contributed by atoms with E-state index in [1.165, 1.54) is 0 Å². The van der Waals surface area contributed by atoms with E-state index in [2.05, 4.69) is 69.9 Å². The second-order valence-electron chi connectivity index (χ2n) is 7.24. The zero-order chi connectivity index (χ0) is 20.5. The summed E-state index contributed by atoms with van der Waals surface area (Å²) in [5.41, 5.74) is 6.00. The second-order valence-corrected chi connectivity index (χ2v) is 7.24.